The van der Waals surface area contributed by atoms with Gasteiger partial charge in [0.2, 0.25) is 0 Å². The Labute approximate surface area is 97.5 Å². The van der Waals surface area contributed by atoms with Gasteiger partial charge in [-0.3, -0.25) is 0 Å². The fraction of sp³-hybridized carbons (Fsp3) is 0.667. The second kappa shape index (κ2) is 6.55. The summed E-state index contributed by atoms with van der Waals surface area (Å²) in [5.74, 6) is 0.845. The lowest BCUT2D eigenvalue weighted by Crippen LogP contribution is -2.23. The van der Waals surface area contributed by atoms with E-state index in [2.05, 4.69) is 29.1 Å². The SMILES string of the molecule is COC(C)Cc1nccc(CNC(C)C)n1. The minimum atomic E-state index is 0.160. The van der Waals surface area contributed by atoms with Gasteiger partial charge in [0.05, 0.1) is 11.8 Å². The van der Waals surface area contributed by atoms with Crippen LogP contribution in [0.4, 0.5) is 0 Å². The fourth-order valence-corrected chi connectivity index (χ4v) is 1.29. The van der Waals surface area contributed by atoms with Crippen molar-refractivity contribution < 1.29 is 4.74 Å². The van der Waals surface area contributed by atoms with Crippen molar-refractivity contribution in [2.45, 2.75) is 45.9 Å². The molecule has 1 atom stereocenters. The molecule has 1 unspecified atom stereocenters. The van der Waals surface area contributed by atoms with E-state index in [1.807, 2.05) is 19.2 Å². The summed E-state index contributed by atoms with van der Waals surface area (Å²) < 4.78 is 5.20. The van der Waals surface area contributed by atoms with Gasteiger partial charge < -0.3 is 10.1 Å². The van der Waals surface area contributed by atoms with Gasteiger partial charge in [0.25, 0.3) is 0 Å². The van der Waals surface area contributed by atoms with Gasteiger partial charge in [-0.15, -0.1) is 0 Å². The topological polar surface area (TPSA) is 47.0 Å². The second-order valence-corrected chi connectivity index (χ2v) is 4.25. The summed E-state index contributed by atoms with van der Waals surface area (Å²) >= 11 is 0. The van der Waals surface area contributed by atoms with E-state index >= 15 is 0 Å². The molecule has 0 aliphatic heterocycles. The minimum absolute atomic E-state index is 0.160. The zero-order valence-corrected chi connectivity index (χ0v) is 10.5. The molecule has 1 heterocycles. The first-order valence-corrected chi connectivity index (χ1v) is 5.68. The molecule has 0 amide bonds. The molecule has 0 aromatic carbocycles. The summed E-state index contributed by atoms with van der Waals surface area (Å²) in [6.07, 6.45) is 2.72. The molecule has 0 aliphatic carbocycles. The lowest BCUT2D eigenvalue weighted by Gasteiger charge is -2.10. The zero-order valence-electron chi connectivity index (χ0n) is 10.5. The van der Waals surface area contributed by atoms with Gasteiger partial charge in [-0.25, -0.2) is 9.97 Å². The molecule has 0 saturated carbocycles. The van der Waals surface area contributed by atoms with Crippen molar-refractivity contribution in [3.63, 3.8) is 0 Å². The van der Waals surface area contributed by atoms with E-state index in [0.717, 1.165) is 24.5 Å². The van der Waals surface area contributed by atoms with Gasteiger partial charge >= 0.3 is 0 Å². The highest BCUT2D eigenvalue weighted by atomic mass is 16.5. The van der Waals surface area contributed by atoms with Crippen LogP contribution in [0, 0.1) is 0 Å². The summed E-state index contributed by atoms with van der Waals surface area (Å²) in [5, 5.41) is 3.33. The van der Waals surface area contributed by atoms with Gasteiger partial charge in [0, 0.05) is 32.3 Å². The Morgan fingerprint density at radius 2 is 2.12 bits per heavy atom. The molecule has 0 bridgehead atoms. The smallest absolute Gasteiger partial charge is 0.131 e. The largest absolute Gasteiger partial charge is 0.381 e. The first-order valence-electron chi connectivity index (χ1n) is 5.68. The van der Waals surface area contributed by atoms with Crippen LogP contribution in [0.2, 0.25) is 0 Å². The van der Waals surface area contributed by atoms with Crippen LogP contribution in [-0.2, 0) is 17.7 Å². The molecule has 1 rings (SSSR count). The highest BCUT2D eigenvalue weighted by Crippen LogP contribution is 2.01. The lowest BCUT2D eigenvalue weighted by molar-refractivity contribution is 0.117. The van der Waals surface area contributed by atoms with Crippen molar-refractivity contribution in [3.05, 3.63) is 23.8 Å². The van der Waals surface area contributed by atoms with Crippen molar-refractivity contribution in [1.82, 2.24) is 15.3 Å². The van der Waals surface area contributed by atoms with E-state index in [1.165, 1.54) is 0 Å². The monoisotopic (exact) mass is 223 g/mol. The van der Waals surface area contributed by atoms with Crippen LogP contribution in [0.3, 0.4) is 0 Å². The Balaban J connectivity index is 2.56. The van der Waals surface area contributed by atoms with Crippen LogP contribution in [0.5, 0.6) is 0 Å². The quantitative estimate of drug-likeness (QED) is 0.795. The van der Waals surface area contributed by atoms with Gasteiger partial charge in [-0.1, -0.05) is 13.8 Å². The number of methoxy groups -OCH3 is 1. The van der Waals surface area contributed by atoms with E-state index < -0.39 is 0 Å². The van der Waals surface area contributed by atoms with Crippen molar-refractivity contribution in [2.24, 2.45) is 0 Å². The maximum Gasteiger partial charge on any atom is 0.131 e. The third kappa shape index (κ3) is 4.68. The molecule has 16 heavy (non-hydrogen) atoms. The molecule has 0 spiro atoms. The Hall–Kier alpha value is -1.00. The Morgan fingerprint density at radius 1 is 1.38 bits per heavy atom. The van der Waals surface area contributed by atoms with E-state index in [9.17, 15) is 0 Å². The molecule has 1 aromatic heterocycles. The first-order chi connectivity index (χ1) is 7.61. The summed E-state index contributed by atoms with van der Waals surface area (Å²) in [4.78, 5) is 8.71. The number of nitrogens with one attached hydrogen (secondary N) is 1. The summed E-state index contributed by atoms with van der Waals surface area (Å²) in [7, 11) is 1.70. The van der Waals surface area contributed by atoms with Crippen molar-refractivity contribution in [3.8, 4) is 0 Å². The van der Waals surface area contributed by atoms with Gasteiger partial charge in [-0.05, 0) is 13.0 Å². The van der Waals surface area contributed by atoms with Gasteiger partial charge in [0.1, 0.15) is 5.82 Å². The van der Waals surface area contributed by atoms with Crippen LogP contribution in [-0.4, -0.2) is 29.2 Å². The maximum absolute atomic E-state index is 5.20. The number of nitrogens with zero attached hydrogens (tertiary/aromatic N) is 2. The van der Waals surface area contributed by atoms with Crippen molar-refractivity contribution >= 4 is 0 Å². The average molecular weight is 223 g/mol. The molecule has 1 aromatic rings. The number of hydrogen-bond donors (Lipinski definition) is 1. The number of ether oxygens (including phenoxy) is 1. The third-order valence-electron chi connectivity index (χ3n) is 2.33. The number of rotatable bonds is 6. The molecule has 1 N–H and O–H groups in total. The second-order valence-electron chi connectivity index (χ2n) is 4.25. The van der Waals surface area contributed by atoms with E-state index in [4.69, 9.17) is 4.74 Å². The Kier molecular flexibility index (Phi) is 5.35. The van der Waals surface area contributed by atoms with Crippen molar-refractivity contribution in [2.75, 3.05) is 7.11 Å². The van der Waals surface area contributed by atoms with Gasteiger partial charge in [-0.2, -0.15) is 0 Å². The molecule has 4 heteroatoms. The first kappa shape index (κ1) is 13.1. The van der Waals surface area contributed by atoms with E-state index in [0.29, 0.717) is 6.04 Å². The predicted molar refractivity (Wildman–Crippen MR) is 64.2 cm³/mol. The molecule has 4 nitrogen and oxygen atoms in total. The Bertz CT molecular complexity index is 315. The third-order valence-corrected chi connectivity index (χ3v) is 2.33. The van der Waals surface area contributed by atoms with E-state index in [-0.39, 0.29) is 6.10 Å². The minimum Gasteiger partial charge on any atom is -0.381 e. The van der Waals surface area contributed by atoms with Gasteiger partial charge in [0.15, 0.2) is 0 Å². The number of hydrogen-bond acceptors (Lipinski definition) is 4. The molecule has 0 aliphatic rings. The molecule has 0 fully saturated rings. The fourth-order valence-electron chi connectivity index (χ4n) is 1.29. The summed E-state index contributed by atoms with van der Waals surface area (Å²) in [6.45, 7) is 7.04. The van der Waals surface area contributed by atoms with Crippen LogP contribution < -0.4 is 5.32 Å². The summed E-state index contributed by atoms with van der Waals surface area (Å²) in [6, 6.07) is 2.41. The molecule has 90 valence electrons. The molecular formula is C12H21N3O. The average Bonchev–Trinajstić information content (AvgIpc) is 2.26. The molecule has 0 radical (unpaired) electrons. The van der Waals surface area contributed by atoms with Crippen LogP contribution in [0.1, 0.15) is 32.3 Å². The highest BCUT2D eigenvalue weighted by Gasteiger charge is 2.05. The zero-order chi connectivity index (χ0) is 12.0. The van der Waals surface area contributed by atoms with Crippen molar-refractivity contribution in [1.29, 1.82) is 0 Å². The maximum atomic E-state index is 5.20. The summed E-state index contributed by atoms with van der Waals surface area (Å²) in [5.41, 5.74) is 1.03. The van der Waals surface area contributed by atoms with E-state index in [1.54, 1.807) is 7.11 Å². The molecule has 0 saturated heterocycles. The van der Waals surface area contributed by atoms with Crippen LogP contribution in [0.25, 0.3) is 0 Å². The number of aromatic nitrogens is 2. The standard InChI is InChI=1S/C12H21N3O/c1-9(2)14-8-11-5-6-13-12(15-11)7-10(3)16-4/h5-6,9-10,14H,7-8H2,1-4H3. The Morgan fingerprint density at radius 3 is 2.75 bits per heavy atom. The molecular weight excluding hydrogens is 202 g/mol. The van der Waals surface area contributed by atoms with Crippen LogP contribution in [0.15, 0.2) is 12.3 Å². The normalized spacial score (nSPS) is 13.1. The highest BCUT2D eigenvalue weighted by molar-refractivity contribution is 5.03. The predicted octanol–water partition coefficient (Wildman–Crippen LogP) is 1.55. The van der Waals surface area contributed by atoms with Crippen LogP contribution >= 0.6 is 0 Å². The lowest BCUT2D eigenvalue weighted by atomic mass is 10.2.